The molecule has 0 fully saturated rings. The molecular weight excluding hydrogens is 312 g/mol. The first-order valence-electron chi connectivity index (χ1n) is 9.52. The number of hydrogen-bond acceptors (Lipinski definition) is 3. The molecule has 0 radical (unpaired) electrons. The zero-order valence-corrected chi connectivity index (χ0v) is 16.0. The van der Waals surface area contributed by atoms with Crippen molar-refractivity contribution in [2.75, 3.05) is 13.1 Å². The van der Waals surface area contributed by atoms with Crippen LogP contribution >= 0.6 is 0 Å². The van der Waals surface area contributed by atoms with E-state index in [0.717, 1.165) is 49.3 Å². The quantitative estimate of drug-likeness (QED) is 0.169. The monoisotopic (exact) mass is 346 g/mol. The predicted molar refractivity (Wildman–Crippen MR) is 106 cm³/mol. The lowest BCUT2D eigenvalue weighted by atomic mass is 10.0. The third-order valence-electron chi connectivity index (χ3n) is 4.18. The van der Waals surface area contributed by atoms with Gasteiger partial charge in [-0.2, -0.15) is 0 Å². The molecule has 1 atom stereocenters. The number of hydrogen-bond donors (Lipinski definition) is 3. The summed E-state index contributed by atoms with van der Waals surface area (Å²) in [5.74, 6) is 0.738. The molecule has 5 nitrogen and oxygen atoms in total. The van der Waals surface area contributed by atoms with Crippen molar-refractivity contribution in [3.8, 4) is 0 Å². The van der Waals surface area contributed by atoms with Gasteiger partial charge in [0, 0.05) is 5.56 Å². The van der Waals surface area contributed by atoms with Crippen molar-refractivity contribution >= 4 is 12.2 Å². The van der Waals surface area contributed by atoms with Gasteiger partial charge in [0.2, 0.25) is 6.41 Å². The summed E-state index contributed by atoms with van der Waals surface area (Å²) in [5.41, 5.74) is 7.67. The minimum Gasteiger partial charge on any atom is -0.317 e. The number of rotatable bonds is 13. The number of amidine groups is 1. The highest BCUT2D eigenvalue weighted by Gasteiger charge is 2.12. The molecule has 0 aliphatic carbocycles. The summed E-state index contributed by atoms with van der Waals surface area (Å²) in [5, 5.41) is 3.46. The zero-order chi connectivity index (χ0) is 18.3. The summed E-state index contributed by atoms with van der Waals surface area (Å²) in [6.45, 7) is 8.46. The lowest BCUT2D eigenvalue weighted by molar-refractivity contribution is -0.110. The fourth-order valence-electron chi connectivity index (χ4n) is 2.76. The van der Waals surface area contributed by atoms with Crippen LogP contribution in [0.2, 0.25) is 0 Å². The Bertz CT molecular complexity index is 516. The van der Waals surface area contributed by atoms with Crippen molar-refractivity contribution in [3.05, 3.63) is 35.4 Å². The molecule has 0 saturated carbocycles. The lowest BCUT2D eigenvalue weighted by Gasteiger charge is -2.17. The van der Waals surface area contributed by atoms with Crippen LogP contribution in [0.1, 0.15) is 63.5 Å². The maximum atomic E-state index is 10.7. The van der Waals surface area contributed by atoms with Crippen LogP contribution in [0.25, 0.3) is 0 Å². The normalized spacial score (nSPS) is 12.7. The Morgan fingerprint density at radius 1 is 1.12 bits per heavy atom. The second-order valence-electron chi connectivity index (χ2n) is 6.37. The highest BCUT2D eigenvalue weighted by Crippen LogP contribution is 2.13. The number of benzene rings is 1. The first kappa shape index (κ1) is 21.2. The van der Waals surface area contributed by atoms with E-state index >= 15 is 0 Å². The average Bonchev–Trinajstić information content (AvgIpc) is 2.62. The van der Waals surface area contributed by atoms with Crippen LogP contribution < -0.4 is 16.2 Å². The molecule has 5 heteroatoms. The first-order valence-corrected chi connectivity index (χ1v) is 9.52. The van der Waals surface area contributed by atoms with E-state index in [0.29, 0.717) is 6.41 Å². The Morgan fingerprint density at radius 2 is 1.92 bits per heavy atom. The highest BCUT2D eigenvalue weighted by atomic mass is 16.1. The minimum atomic E-state index is 0.242. The molecule has 0 spiro atoms. The van der Waals surface area contributed by atoms with Gasteiger partial charge in [0.25, 0.3) is 0 Å². The molecule has 140 valence electrons. The molecule has 0 aromatic heterocycles. The largest absolute Gasteiger partial charge is 0.317 e. The molecule has 0 bridgehead atoms. The van der Waals surface area contributed by atoms with Crippen LogP contribution in [0.4, 0.5) is 0 Å². The number of aliphatic imine (C=N–C) groups is 1. The van der Waals surface area contributed by atoms with E-state index in [4.69, 9.17) is 4.99 Å². The molecule has 1 amide bonds. The number of nitrogens with one attached hydrogen (secondary N) is 3. The molecule has 0 aliphatic rings. The number of amides is 1. The lowest BCUT2D eigenvalue weighted by Crippen LogP contribution is -2.38. The smallest absolute Gasteiger partial charge is 0.225 e. The van der Waals surface area contributed by atoms with Crippen molar-refractivity contribution in [3.63, 3.8) is 0 Å². The third kappa shape index (κ3) is 8.68. The van der Waals surface area contributed by atoms with Crippen molar-refractivity contribution < 1.29 is 4.79 Å². The maximum Gasteiger partial charge on any atom is 0.225 e. The van der Waals surface area contributed by atoms with Crippen molar-refractivity contribution in [1.29, 1.82) is 0 Å². The van der Waals surface area contributed by atoms with E-state index in [2.05, 4.69) is 43.0 Å². The van der Waals surface area contributed by atoms with E-state index in [1.54, 1.807) is 0 Å². The Kier molecular flexibility index (Phi) is 11.4. The van der Waals surface area contributed by atoms with Crippen LogP contribution in [0.15, 0.2) is 29.3 Å². The summed E-state index contributed by atoms with van der Waals surface area (Å²) in [6.07, 6.45) is 7.47. The molecular formula is C20H34N4O. The number of carbonyl (C=O) groups excluding carboxylic acids is 1. The first-order chi connectivity index (χ1) is 12.2. The van der Waals surface area contributed by atoms with E-state index in [1.807, 2.05) is 18.2 Å². The molecule has 0 saturated heterocycles. The number of carbonyl (C=O) groups is 1. The summed E-state index contributed by atoms with van der Waals surface area (Å²) in [6, 6.07) is 8.34. The topological polar surface area (TPSA) is 65.5 Å². The van der Waals surface area contributed by atoms with Gasteiger partial charge < -0.3 is 5.32 Å². The fraction of sp³-hybridized carbons (Fsp3) is 0.600. The molecule has 1 aromatic carbocycles. The van der Waals surface area contributed by atoms with Crippen LogP contribution in [0.5, 0.6) is 0 Å². The van der Waals surface area contributed by atoms with Crippen LogP contribution in [-0.2, 0) is 4.79 Å². The number of aryl methyl sites for hydroxylation is 1. The maximum absolute atomic E-state index is 10.7. The Hall–Kier alpha value is -1.88. The van der Waals surface area contributed by atoms with Gasteiger partial charge in [0.05, 0.1) is 6.04 Å². The van der Waals surface area contributed by atoms with Gasteiger partial charge in [0.1, 0.15) is 5.84 Å². The second-order valence-corrected chi connectivity index (χ2v) is 6.37. The Labute approximate surface area is 152 Å². The van der Waals surface area contributed by atoms with Crippen molar-refractivity contribution in [1.82, 2.24) is 16.2 Å². The van der Waals surface area contributed by atoms with E-state index < -0.39 is 0 Å². The predicted octanol–water partition coefficient (Wildman–Crippen LogP) is 3.33. The number of unbranched alkanes of at least 4 members (excludes halogenated alkanes) is 2. The van der Waals surface area contributed by atoms with Crippen LogP contribution in [0.3, 0.4) is 0 Å². The van der Waals surface area contributed by atoms with Crippen molar-refractivity contribution in [2.24, 2.45) is 4.99 Å². The van der Waals surface area contributed by atoms with Gasteiger partial charge >= 0.3 is 0 Å². The molecule has 1 unspecified atom stereocenters. The zero-order valence-electron chi connectivity index (χ0n) is 16.0. The molecule has 1 rings (SSSR count). The summed E-state index contributed by atoms with van der Waals surface area (Å²) >= 11 is 0. The summed E-state index contributed by atoms with van der Waals surface area (Å²) in [7, 11) is 0. The average molecular weight is 347 g/mol. The van der Waals surface area contributed by atoms with E-state index in [-0.39, 0.29) is 6.04 Å². The standard InChI is InChI=1S/C20H34N4O/c1-4-6-7-11-18(13-15-21-14-5-2)23-20(24-22-16-25)19-12-9-8-10-17(19)3/h8-10,12,16,18,21H,4-7,11,13-15H2,1-3H3,(H,22,25)(H,23,24). The van der Waals surface area contributed by atoms with Gasteiger partial charge in [-0.1, -0.05) is 57.4 Å². The molecule has 0 heterocycles. The van der Waals surface area contributed by atoms with Crippen LogP contribution in [0, 0.1) is 6.92 Å². The van der Waals surface area contributed by atoms with E-state index in [1.165, 1.54) is 19.3 Å². The van der Waals surface area contributed by atoms with E-state index in [9.17, 15) is 4.79 Å². The SMILES string of the molecule is CCCCCC(CCNCCC)N=C(NNC=O)c1ccccc1C. The third-order valence-corrected chi connectivity index (χ3v) is 4.18. The Morgan fingerprint density at radius 3 is 2.60 bits per heavy atom. The van der Waals surface area contributed by atoms with Gasteiger partial charge in [-0.3, -0.25) is 20.6 Å². The summed E-state index contributed by atoms with van der Waals surface area (Å²) < 4.78 is 0. The van der Waals surface area contributed by atoms with Gasteiger partial charge in [-0.15, -0.1) is 0 Å². The Balaban J connectivity index is 2.90. The highest BCUT2D eigenvalue weighted by molar-refractivity contribution is 6.00. The number of hydrazine groups is 1. The van der Waals surface area contributed by atoms with Gasteiger partial charge in [0.15, 0.2) is 0 Å². The molecule has 25 heavy (non-hydrogen) atoms. The van der Waals surface area contributed by atoms with Gasteiger partial charge in [-0.25, -0.2) is 0 Å². The summed E-state index contributed by atoms with van der Waals surface area (Å²) in [4.78, 5) is 15.7. The van der Waals surface area contributed by atoms with Crippen molar-refractivity contribution in [2.45, 2.75) is 65.3 Å². The number of nitrogens with zero attached hydrogens (tertiary/aromatic N) is 1. The molecule has 3 N–H and O–H groups in total. The fourth-order valence-corrected chi connectivity index (χ4v) is 2.76. The van der Waals surface area contributed by atoms with Crippen LogP contribution in [-0.4, -0.2) is 31.4 Å². The molecule has 1 aromatic rings. The van der Waals surface area contributed by atoms with Gasteiger partial charge in [-0.05, 0) is 44.8 Å². The second kappa shape index (κ2) is 13.4. The minimum absolute atomic E-state index is 0.242. The molecule has 0 aliphatic heterocycles.